The Balaban J connectivity index is 1.58. The molecular formula is C16H24N6. The van der Waals surface area contributed by atoms with Gasteiger partial charge in [0.2, 0.25) is 0 Å². The molecule has 0 aliphatic carbocycles. The monoisotopic (exact) mass is 300 g/mol. The molecule has 3 rings (SSSR count). The van der Waals surface area contributed by atoms with Gasteiger partial charge in [0.05, 0.1) is 12.4 Å². The highest BCUT2D eigenvalue weighted by Gasteiger charge is 2.32. The third-order valence-electron chi connectivity index (χ3n) is 5.06. The third kappa shape index (κ3) is 3.21. The molecule has 0 radical (unpaired) electrons. The Kier molecular flexibility index (Phi) is 4.55. The second-order valence-electron chi connectivity index (χ2n) is 6.45. The molecule has 2 saturated heterocycles. The van der Waals surface area contributed by atoms with Crippen LogP contribution in [0.2, 0.25) is 0 Å². The zero-order chi connectivity index (χ0) is 15.5. The van der Waals surface area contributed by atoms with E-state index < -0.39 is 0 Å². The molecule has 0 amide bonds. The molecule has 1 unspecified atom stereocenters. The van der Waals surface area contributed by atoms with Crippen LogP contribution < -0.4 is 4.90 Å². The minimum atomic E-state index is 0.372. The first-order chi connectivity index (χ1) is 10.7. The molecule has 0 N–H and O–H groups in total. The lowest BCUT2D eigenvalue weighted by Gasteiger charge is -2.35. The number of aromatic nitrogens is 2. The second kappa shape index (κ2) is 6.59. The van der Waals surface area contributed by atoms with Gasteiger partial charge in [0.1, 0.15) is 11.9 Å². The molecule has 118 valence electrons. The molecule has 0 saturated carbocycles. The van der Waals surface area contributed by atoms with Gasteiger partial charge in [-0.3, -0.25) is 4.90 Å². The summed E-state index contributed by atoms with van der Waals surface area (Å²) >= 11 is 0. The van der Waals surface area contributed by atoms with Crippen LogP contribution in [0.3, 0.4) is 0 Å². The normalized spacial score (nSPS) is 24.3. The average Bonchev–Trinajstić information content (AvgIpc) is 3.05. The maximum atomic E-state index is 8.80. The standard InChI is InChI=1S/C16H24N6/c1-20-6-3-14(4-7-20)22-8-5-15(12-22)21(2)16-11-18-13(9-17)10-19-16/h10-11,14-15H,3-8,12H2,1-2H3. The number of hydrogen-bond donors (Lipinski definition) is 0. The lowest BCUT2D eigenvalue weighted by Crippen LogP contribution is -2.44. The van der Waals surface area contributed by atoms with E-state index >= 15 is 0 Å². The first-order valence-corrected chi connectivity index (χ1v) is 8.05. The summed E-state index contributed by atoms with van der Waals surface area (Å²) in [6.07, 6.45) is 6.99. The molecule has 0 aromatic carbocycles. The molecule has 2 fully saturated rings. The minimum absolute atomic E-state index is 0.372. The third-order valence-corrected chi connectivity index (χ3v) is 5.06. The van der Waals surface area contributed by atoms with Crippen molar-refractivity contribution in [3.05, 3.63) is 18.1 Å². The smallest absolute Gasteiger partial charge is 0.158 e. The molecule has 2 aliphatic rings. The molecule has 3 heterocycles. The summed E-state index contributed by atoms with van der Waals surface area (Å²) in [7, 11) is 4.29. The largest absolute Gasteiger partial charge is 0.354 e. The Hall–Kier alpha value is -1.71. The SMILES string of the molecule is CN1CCC(N2CCC(N(C)c3cnc(C#N)cn3)C2)CC1. The average molecular weight is 300 g/mol. The van der Waals surface area contributed by atoms with Crippen LogP contribution in [0, 0.1) is 11.3 Å². The van der Waals surface area contributed by atoms with Crippen LogP contribution in [0.5, 0.6) is 0 Å². The van der Waals surface area contributed by atoms with Crippen LogP contribution in [0.1, 0.15) is 25.0 Å². The van der Waals surface area contributed by atoms with Crippen molar-refractivity contribution in [2.75, 3.05) is 45.2 Å². The summed E-state index contributed by atoms with van der Waals surface area (Å²) in [6, 6.07) is 3.24. The van der Waals surface area contributed by atoms with E-state index in [4.69, 9.17) is 5.26 Å². The van der Waals surface area contributed by atoms with E-state index in [1.54, 1.807) is 12.4 Å². The quantitative estimate of drug-likeness (QED) is 0.828. The molecule has 1 atom stereocenters. The Morgan fingerprint density at radius 3 is 2.59 bits per heavy atom. The van der Waals surface area contributed by atoms with Crippen molar-refractivity contribution in [1.82, 2.24) is 19.8 Å². The van der Waals surface area contributed by atoms with Gasteiger partial charge >= 0.3 is 0 Å². The van der Waals surface area contributed by atoms with Gasteiger partial charge in [-0.05, 0) is 39.4 Å². The summed E-state index contributed by atoms with van der Waals surface area (Å²) in [6.45, 7) is 4.70. The van der Waals surface area contributed by atoms with E-state index in [2.05, 4.69) is 38.8 Å². The van der Waals surface area contributed by atoms with E-state index in [9.17, 15) is 0 Å². The summed E-state index contributed by atoms with van der Waals surface area (Å²) in [5.41, 5.74) is 0.372. The van der Waals surface area contributed by atoms with Gasteiger partial charge < -0.3 is 9.80 Å². The number of likely N-dealkylation sites (N-methyl/N-ethyl adjacent to an activating group) is 1. The fraction of sp³-hybridized carbons (Fsp3) is 0.688. The minimum Gasteiger partial charge on any atom is -0.354 e. The van der Waals surface area contributed by atoms with Crippen LogP contribution in [0.4, 0.5) is 5.82 Å². The molecule has 1 aromatic rings. The van der Waals surface area contributed by atoms with Crippen molar-refractivity contribution in [3.63, 3.8) is 0 Å². The molecule has 2 aliphatic heterocycles. The van der Waals surface area contributed by atoms with Gasteiger partial charge in [0.25, 0.3) is 0 Å². The number of nitrogens with zero attached hydrogens (tertiary/aromatic N) is 6. The van der Waals surface area contributed by atoms with E-state index in [0.717, 1.165) is 18.4 Å². The number of rotatable bonds is 3. The molecule has 6 nitrogen and oxygen atoms in total. The van der Waals surface area contributed by atoms with E-state index in [-0.39, 0.29) is 0 Å². The van der Waals surface area contributed by atoms with Crippen molar-refractivity contribution in [3.8, 4) is 6.07 Å². The van der Waals surface area contributed by atoms with Gasteiger partial charge in [-0.15, -0.1) is 0 Å². The molecule has 0 spiro atoms. The zero-order valence-corrected chi connectivity index (χ0v) is 13.4. The highest BCUT2D eigenvalue weighted by atomic mass is 15.3. The number of likely N-dealkylation sites (tertiary alicyclic amines) is 2. The second-order valence-corrected chi connectivity index (χ2v) is 6.45. The Morgan fingerprint density at radius 2 is 1.95 bits per heavy atom. The zero-order valence-electron chi connectivity index (χ0n) is 13.4. The summed E-state index contributed by atoms with van der Waals surface area (Å²) in [5, 5.41) is 8.80. The number of nitriles is 1. The predicted molar refractivity (Wildman–Crippen MR) is 85.6 cm³/mol. The van der Waals surface area contributed by atoms with Gasteiger partial charge in [-0.2, -0.15) is 5.26 Å². The van der Waals surface area contributed by atoms with Gasteiger partial charge in [0, 0.05) is 32.2 Å². The van der Waals surface area contributed by atoms with Crippen LogP contribution >= 0.6 is 0 Å². The molecular weight excluding hydrogens is 276 g/mol. The Morgan fingerprint density at radius 1 is 1.18 bits per heavy atom. The summed E-state index contributed by atoms with van der Waals surface area (Å²) in [4.78, 5) is 15.8. The van der Waals surface area contributed by atoms with Gasteiger partial charge in [0.15, 0.2) is 5.69 Å². The van der Waals surface area contributed by atoms with Crippen LogP contribution in [0.15, 0.2) is 12.4 Å². The maximum absolute atomic E-state index is 8.80. The molecule has 1 aromatic heterocycles. The van der Waals surface area contributed by atoms with Crippen LogP contribution in [0.25, 0.3) is 0 Å². The maximum Gasteiger partial charge on any atom is 0.158 e. The van der Waals surface area contributed by atoms with E-state index in [1.807, 2.05) is 6.07 Å². The lowest BCUT2D eigenvalue weighted by molar-refractivity contribution is 0.142. The highest BCUT2D eigenvalue weighted by Crippen LogP contribution is 2.24. The number of anilines is 1. The van der Waals surface area contributed by atoms with Gasteiger partial charge in [-0.1, -0.05) is 0 Å². The van der Waals surface area contributed by atoms with Crippen molar-refractivity contribution in [2.45, 2.75) is 31.3 Å². The Bertz CT molecular complexity index is 529. The molecule has 0 bridgehead atoms. The predicted octanol–water partition coefficient (Wildman–Crippen LogP) is 0.953. The van der Waals surface area contributed by atoms with Crippen molar-refractivity contribution in [2.24, 2.45) is 0 Å². The lowest BCUT2D eigenvalue weighted by atomic mass is 10.0. The van der Waals surface area contributed by atoms with Gasteiger partial charge in [-0.25, -0.2) is 9.97 Å². The first-order valence-electron chi connectivity index (χ1n) is 8.05. The fourth-order valence-corrected chi connectivity index (χ4v) is 3.52. The molecule has 6 heteroatoms. The number of piperidine rings is 1. The van der Waals surface area contributed by atoms with E-state index in [0.29, 0.717) is 11.7 Å². The van der Waals surface area contributed by atoms with Crippen molar-refractivity contribution in [1.29, 1.82) is 5.26 Å². The fourth-order valence-electron chi connectivity index (χ4n) is 3.52. The van der Waals surface area contributed by atoms with Crippen LogP contribution in [-0.4, -0.2) is 72.1 Å². The first kappa shape index (κ1) is 15.2. The van der Waals surface area contributed by atoms with Crippen LogP contribution in [-0.2, 0) is 0 Å². The number of hydrogen-bond acceptors (Lipinski definition) is 6. The topological polar surface area (TPSA) is 59.3 Å². The molecule has 22 heavy (non-hydrogen) atoms. The Labute approximate surface area is 132 Å². The summed E-state index contributed by atoms with van der Waals surface area (Å²) < 4.78 is 0. The van der Waals surface area contributed by atoms with Crippen molar-refractivity contribution < 1.29 is 0 Å². The van der Waals surface area contributed by atoms with E-state index in [1.165, 1.54) is 38.9 Å². The van der Waals surface area contributed by atoms with Crippen molar-refractivity contribution >= 4 is 5.82 Å². The summed E-state index contributed by atoms with van der Waals surface area (Å²) in [5.74, 6) is 0.856. The highest BCUT2D eigenvalue weighted by molar-refractivity contribution is 5.38.